The van der Waals surface area contributed by atoms with Crippen LogP contribution in [0.1, 0.15) is 34.3 Å². The van der Waals surface area contributed by atoms with E-state index in [1.165, 1.54) is 22.3 Å². The van der Waals surface area contributed by atoms with Gasteiger partial charge >= 0.3 is 0 Å². The Morgan fingerprint density at radius 3 is 2.63 bits per heavy atom. The molecule has 5 heteroatoms. The number of amides is 1. The number of carbonyl (C=O) groups is 1. The first-order valence-electron chi connectivity index (χ1n) is 9.40. The summed E-state index contributed by atoms with van der Waals surface area (Å²) in [6.07, 6.45) is 2.97. The summed E-state index contributed by atoms with van der Waals surface area (Å²) < 4.78 is 5.44. The maximum Gasteiger partial charge on any atom is 0.251 e. The highest BCUT2D eigenvalue weighted by atomic mass is 35.5. The van der Waals surface area contributed by atoms with Gasteiger partial charge in [-0.15, -0.1) is 12.4 Å². The third kappa shape index (κ3) is 4.03. The quantitative estimate of drug-likeness (QED) is 0.706. The number of fused-ring (bicyclic) bond motifs is 3. The minimum atomic E-state index is 0. The molecule has 0 bridgehead atoms. The highest BCUT2D eigenvalue weighted by Crippen LogP contribution is 2.36. The van der Waals surface area contributed by atoms with Crippen molar-refractivity contribution >= 4 is 18.3 Å². The number of halogens is 1. The summed E-state index contributed by atoms with van der Waals surface area (Å²) in [5, 5.41) is 6.55. The molecule has 1 aliphatic carbocycles. The van der Waals surface area contributed by atoms with E-state index in [0.717, 1.165) is 37.9 Å². The number of rotatable bonds is 5. The van der Waals surface area contributed by atoms with Crippen LogP contribution in [0.3, 0.4) is 0 Å². The van der Waals surface area contributed by atoms with Crippen LogP contribution in [0.4, 0.5) is 0 Å². The Morgan fingerprint density at radius 2 is 1.85 bits per heavy atom. The standard InChI is InChI=1S/C22H26N2O2.ClH/c1-26-15-22(8-10-23-11-9-22)14-24-21(25)17-6-7-20-18(13-17)12-16-4-2-3-5-19(16)20;/h2-7,13,23H,8-12,14-15H2,1H3,(H,24,25);1H. The van der Waals surface area contributed by atoms with Crippen LogP contribution < -0.4 is 10.6 Å². The Hall–Kier alpha value is -1.88. The summed E-state index contributed by atoms with van der Waals surface area (Å²) in [5.41, 5.74) is 5.93. The van der Waals surface area contributed by atoms with E-state index in [4.69, 9.17) is 4.74 Å². The molecule has 4 rings (SSSR count). The van der Waals surface area contributed by atoms with Gasteiger partial charge in [0.2, 0.25) is 0 Å². The Bertz CT molecular complexity index is 810. The van der Waals surface area contributed by atoms with Gasteiger partial charge in [-0.2, -0.15) is 0 Å². The molecule has 0 aromatic heterocycles. The van der Waals surface area contributed by atoms with E-state index < -0.39 is 0 Å². The zero-order valence-electron chi connectivity index (χ0n) is 15.7. The lowest BCUT2D eigenvalue weighted by Crippen LogP contribution is -2.47. The van der Waals surface area contributed by atoms with Gasteiger partial charge in [0, 0.05) is 24.6 Å². The van der Waals surface area contributed by atoms with Crippen LogP contribution in [0, 0.1) is 5.41 Å². The maximum absolute atomic E-state index is 12.7. The largest absolute Gasteiger partial charge is 0.384 e. The molecule has 0 spiro atoms. The molecule has 27 heavy (non-hydrogen) atoms. The maximum atomic E-state index is 12.7. The molecule has 1 amide bonds. The fraction of sp³-hybridized carbons (Fsp3) is 0.409. The molecule has 1 aliphatic heterocycles. The van der Waals surface area contributed by atoms with Crippen molar-refractivity contribution in [3.8, 4) is 11.1 Å². The minimum absolute atomic E-state index is 0. The molecule has 144 valence electrons. The van der Waals surface area contributed by atoms with Gasteiger partial charge in [-0.25, -0.2) is 0 Å². The van der Waals surface area contributed by atoms with Crippen molar-refractivity contribution in [1.82, 2.24) is 10.6 Å². The number of hydrogen-bond donors (Lipinski definition) is 2. The second kappa shape index (κ2) is 8.42. The van der Waals surface area contributed by atoms with Crippen LogP contribution >= 0.6 is 12.4 Å². The molecule has 1 fully saturated rings. The van der Waals surface area contributed by atoms with Crippen molar-refractivity contribution in [2.24, 2.45) is 5.41 Å². The normalized spacial score (nSPS) is 16.8. The van der Waals surface area contributed by atoms with E-state index in [-0.39, 0.29) is 23.7 Å². The van der Waals surface area contributed by atoms with E-state index in [9.17, 15) is 4.79 Å². The summed E-state index contributed by atoms with van der Waals surface area (Å²) in [6, 6.07) is 14.6. The number of piperidine rings is 1. The molecule has 1 saturated heterocycles. The zero-order chi connectivity index (χ0) is 18.0. The SMILES string of the molecule is COCC1(CNC(=O)c2ccc3c(c2)Cc2ccccc2-3)CCNCC1.Cl. The van der Waals surface area contributed by atoms with E-state index in [2.05, 4.69) is 47.0 Å². The first-order chi connectivity index (χ1) is 12.7. The van der Waals surface area contributed by atoms with Gasteiger partial charge in [-0.3, -0.25) is 4.79 Å². The topological polar surface area (TPSA) is 50.4 Å². The monoisotopic (exact) mass is 386 g/mol. The fourth-order valence-corrected chi connectivity index (χ4v) is 4.29. The summed E-state index contributed by atoms with van der Waals surface area (Å²) in [5.74, 6) is 0.0118. The average molecular weight is 387 g/mol. The lowest BCUT2D eigenvalue weighted by molar-refractivity contribution is 0.0511. The summed E-state index contributed by atoms with van der Waals surface area (Å²) >= 11 is 0. The van der Waals surface area contributed by atoms with Crippen molar-refractivity contribution < 1.29 is 9.53 Å². The number of carbonyl (C=O) groups excluding carboxylic acids is 1. The molecule has 0 unspecified atom stereocenters. The van der Waals surface area contributed by atoms with Crippen LogP contribution in [-0.4, -0.2) is 39.3 Å². The van der Waals surface area contributed by atoms with Crippen molar-refractivity contribution in [1.29, 1.82) is 0 Å². The van der Waals surface area contributed by atoms with Gasteiger partial charge in [0.15, 0.2) is 0 Å². The number of hydrogen-bond acceptors (Lipinski definition) is 3. The van der Waals surface area contributed by atoms with E-state index in [1.807, 2.05) is 6.07 Å². The Balaban J connectivity index is 0.00000210. The number of benzene rings is 2. The minimum Gasteiger partial charge on any atom is -0.384 e. The summed E-state index contributed by atoms with van der Waals surface area (Å²) in [7, 11) is 1.74. The van der Waals surface area contributed by atoms with Gasteiger partial charge in [-0.05, 0) is 66.7 Å². The zero-order valence-corrected chi connectivity index (χ0v) is 16.5. The molecule has 2 aliphatic rings. The fourth-order valence-electron chi connectivity index (χ4n) is 4.29. The number of nitrogens with one attached hydrogen (secondary N) is 2. The van der Waals surface area contributed by atoms with Crippen molar-refractivity contribution in [3.05, 3.63) is 59.2 Å². The van der Waals surface area contributed by atoms with Crippen LogP contribution in [0.2, 0.25) is 0 Å². The van der Waals surface area contributed by atoms with Crippen LogP contribution in [0.15, 0.2) is 42.5 Å². The van der Waals surface area contributed by atoms with E-state index in [1.54, 1.807) is 7.11 Å². The van der Waals surface area contributed by atoms with Gasteiger partial charge in [0.1, 0.15) is 0 Å². The Kier molecular flexibility index (Phi) is 6.20. The highest BCUT2D eigenvalue weighted by Gasteiger charge is 2.32. The average Bonchev–Trinajstić information content (AvgIpc) is 3.05. The molecule has 0 atom stereocenters. The predicted octanol–water partition coefficient (Wildman–Crippen LogP) is 3.43. The lowest BCUT2D eigenvalue weighted by atomic mass is 9.79. The molecule has 1 heterocycles. The second-order valence-corrected chi connectivity index (χ2v) is 7.57. The van der Waals surface area contributed by atoms with Crippen LogP contribution in [0.5, 0.6) is 0 Å². The van der Waals surface area contributed by atoms with Gasteiger partial charge < -0.3 is 15.4 Å². The first kappa shape index (κ1) is 19.9. The third-order valence-corrected chi connectivity index (χ3v) is 5.79. The van der Waals surface area contributed by atoms with E-state index >= 15 is 0 Å². The van der Waals surface area contributed by atoms with E-state index in [0.29, 0.717) is 13.2 Å². The Morgan fingerprint density at radius 1 is 1.11 bits per heavy atom. The molecule has 4 nitrogen and oxygen atoms in total. The molecule has 2 aromatic carbocycles. The highest BCUT2D eigenvalue weighted by molar-refractivity contribution is 5.95. The summed E-state index contributed by atoms with van der Waals surface area (Å²) in [4.78, 5) is 12.7. The van der Waals surface area contributed by atoms with Gasteiger partial charge in [0.25, 0.3) is 5.91 Å². The smallest absolute Gasteiger partial charge is 0.251 e. The first-order valence-corrected chi connectivity index (χ1v) is 9.40. The van der Waals surface area contributed by atoms with Crippen molar-refractivity contribution in [2.45, 2.75) is 19.3 Å². The molecule has 0 saturated carbocycles. The molecule has 2 aromatic rings. The number of ether oxygens (including phenoxy) is 1. The molecule has 2 N–H and O–H groups in total. The second-order valence-electron chi connectivity index (χ2n) is 7.57. The number of methoxy groups -OCH3 is 1. The Labute approximate surface area is 167 Å². The molecular formula is C22H27ClN2O2. The lowest BCUT2D eigenvalue weighted by Gasteiger charge is -2.37. The third-order valence-electron chi connectivity index (χ3n) is 5.79. The van der Waals surface area contributed by atoms with Crippen LogP contribution in [0.25, 0.3) is 11.1 Å². The van der Waals surface area contributed by atoms with Crippen molar-refractivity contribution in [3.63, 3.8) is 0 Å². The molecule has 0 radical (unpaired) electrons. The molecular weight excluding hydrogens is 360 g/mol. The van der Waals surface area contributed by atoms with Crippen LogP contribution in [-0.2, 0) is 11.2 Å². The summed E-state index contributed by atoms with van der Waals surface area (Å²) in [6.45, 7) is 3.32. The van der Waals surface area contributed by atoms with Crippen molar-refractivity contribution in [2.75, 3.05) is 33.4 Å². The van der Waals surface area contributed by atoms with Gasteiger partial charge in [0.05, 0.1) is 6.61 Å². The van der Waals surface area contributed by atoms with Gasteiger partial charge in [-0.1, -0.05) is 30.3 Å². The predicted molar refractivity (Wildman–Crippen MR) is 111 cm³/mol.